The molecule has 96 valence electrons. The number of aromatic nitrogens is 2. The SMILES string of the molecule is CC(C)CN=C(NN)NCCCc1ncc[nH]1. The molecule has 0 unspecified atom stereocenters. The van der Waals surface area contributed by atoms with Gasteiger partial charge in [0.05, 0.1) is 0 Å². The first-order valence-corrected chi connectivity index (χ1v) is 5.95. The van der Waals surface area contributed by atoms with Crippen molar-refractivity contribution in [2.24, 2.45) is 16.8 Å². The molecule has 0 aromatic carbocycles. The molecule has 0 radical (unpaired) electrons. The van der Waals surface area contributed by atoms with E-state index in [4.69, 9.17) is 5.84 Å². The lowest BCUT2D eigenvalue weighted by atomic mass is 10.2. The molecule has 1 rings (SSSR count). The zero-order chi connectivity index (χ0) is 12.5. The Kier molecular flexibility index (Phi) is 6.09. The third-order valence-corrected chi connectivity index (χ3v) is 2.19. The van der Waals surface area contributed by atoms with Gasteiger partial charge in [-0.1, -0.05) is 13.8 Å². The average molecular weight is 238 g/mol. The van der Waals surface area contributed by atoms with E-state index < -0.39 is 0 Å². The number of nitrogens with one attached hydrogen (secondary N) is 3. The van der Waals surface area contributed by atoms with Crippen LogP contribution in [0.1, 0.15) is 26.1 Å². The van der Waals surface area contributed by atoms with Crippen molar-refractivity contribution in [1.29, 1.82) is 0 Å². The third-order valence-electron chi connectivity index (χ3n) is 2.19. The quantitative estimate of drug-likeness (QED) is 0.190. The van der Waals surface area contributed by atoms with Crippen LogP contribution in [0.25, 0.3) is 0 Å². The van der Waals surface area contributed by atoms with E-state index in [1.54, 1.807) is 6.20 Å². The Morgan fingerprint density at radius 3 is 3.00 bits per heavy atom. The van der Waals surface area contributed by atoms with Crippen molar-refractivity contribution in [1.82, 2.24) is 20.7 Å². The number of imidazole rings is 1. The fourth-order valence-corrected chi connectivity index (χ4v) is 1.32. The molecular weight excluding hydrogens is 216 g/mol. The van der Waals surface area contributed by atoms with Crippen LogP contribution >= 0.6 is 0 Å². The largest absolute Gasteiger partial charge is 0.355 e. The van der Waals surface area contributed by atoms with Crippen LogP contribution in [0.4, 0.5) is 0 Å². The molecule has 0 bridgehead atoms. The number of aromatic amines is 1. The first-order chi connectivity index (χ1) is 8.22. The monoisotopic (exact) mass is 238 g/mol. The number of rotatable bonds is 6. The molecule has 0 spiro atoms. The number of aliphatic imine (C=N–C) groups is 1. The van der Waals surface area contributed by atoms with Crippen LogP contribution in [-0.2, 0) is 6.42 Å². The summed E-state index contributed by atoms with van der Waals surface area (Å²) in [6.07, 6.45) is 5.50. The molecule has 0 saturated carbocycles. The summed E-state index contributed by atoms with van der Waals surface area (Å²) in [6.45, 7) is 5.83. The van der Waals surface area contributed by atoms with E-state index in [1.165, 1.54) is 0 Å². The summed E-state index contributed by atoms with van der Waals surface area (Å²) >= 11 is 0. The fraction of sp³-hybridized carbons (Fsp3) is 0.636. The van der Waals surface area contributed by atoms with E-state index in [9.17, 15) is 0 Å². The Hall–Kier alpha value is -1.56. The Balaban J connectivity index is 2.17. The first kappa shape index (κ1) is 13.5. The van der Waals surface area contributed by atoms with Crippen LogP contribution in [0.2, 0.25) is 0 Å². The lowest BCUT2D eigenvalue weighted by Gasteiger charge is -2.09. The van der Waals surface area contributed by atoms with Gasteiger partial charge in [-0.05, 0) is 12.3 Å². The maximum Gasteiger partial charge on any atom is 0.205 e. The molecule has 1 aromatic rings. The molecule has 0 fully saturated rings. The van der Waals surface area contributed by atoms with Gasteiger partial charge >= 0.3 is 0 Å². The number of nitrogens with zero attached hydrogens (tertiary/aromatic N) is 2. The smallest absolute Gasteiger partial charge is 0.205 e. The van der Waals surface area contributed by atoms with Gasteiger partial charge in [0.25, 0.3) is 0 Å². The van der Waals surface area contributed by atoms with E-state index in [-0.39, 0.29) is 0 Å². The molecule has 0 aliphatic rings. The maximum absolute atomic E-state index is 5.37. The minimum absolute atomic E-state index is 0.531. The van der Waals surface area contributed by atoms with Gasteiger partial charge in [0.1, 0.15) is 5.82 Å². The molecule has 6 nitrogen and oxygen atoms in total. The number of aryl methyl sites for hydroxylation is 1. The van der Waals surface area contributed by atoms with Crippen LogP contribution < -0.4 is 16.6 Å². The highest BCUT2D eigenvalue weighted by atomic mass is 15.3. The standard InChI is InChI=1S/C11H22N6/c1-9(2)8-16-11(17-12)15-5-3-4-10-13-6-7-14-10/h6-7,9H,3-5,8,12H2,1-2H3,(H,13,14)(H2,15,16,17). The van der Waals surface area contributed by atoms with Gasteiger partial charge in [-0.2, -0.15) is 0 Å². The minimum atomic E-state index is 0.531. The van der Waals surface area contributed by atoms with Gasteiger partial charge in [0, 0.05) is 31.9 Å². The summed E-state index contributed by atoms with van der Waals surface area (Å²) in [7, 11) is 0. The van der Waals surface area contributed by atoms with Crippen molar-refractivity contribution in [3.8, 4) is 0 Å². The number of hydrogen-bond donors (Lipinski definition) is 4. The second-order valence-corrected chi connectivity index (χ2v) is 4.29. The van der Waals surface area contributed by atoms with Gasteiger partial charge in [0.2, 0.25) is 5.96 Å². The molecule has 0 aliphatic carbocycles. The summed E-state index contributed by atoms with van der Waals surface area (Å²) in [4.78, 5) is 11.6. The highest BCUT2D eigenvalue weighted by molar-refractivity contribution is 5.79. The van der Waals surface area contributed by atoms with Crippen LogP contribution in [0.3, 0.4) is 0 Å². The van der Waals surface area contributed by atoms with Crippen molar-refractivity contribution in [3.05, 3.63) is 18.2 Å². The van der Waals surface area contributed by atoms with Gasteiger partial charge in [-0.25, -0.2) is 10.8 Å². The third kappa shape index (κ3) is 5.91. The first-order valence-electron chi connectivity index (χ1n) is 5.95. The molecular formula is C11H22N6. The number of hydrazine groups is 1. The van der Waals surface area contributed by atoms with Crippen molar-refractivity contribution in [2.75, 3.05) is 13.1 Å². The van der Waals surface area contributed by atoms with E-state index in [0.29, 0.717) is 11.9 Å². The van der Waals surface area contributed by atoms with E-state index in [1.807, 2.05) is 6.20 Å². The normalized spacial score (nSPS) is 11.9. The fourth-order valence-electron chi connectivity index (χ4n) is 1.32. The Morgan fingerprint density at radius 2 is 2.41 bits per heavy atom. The Labute approximate surface area is 102 Å². The molecule has 0 aliphatic heterocycles. The van der Waals surface area contributed by atoms with E-state index in [0.717, 1.165) is 31.8 Å². The van der Waals surface area contributed by atoms with Crippen LogP contribution in [0.5, 0.6) is 0 Å². The summed E-state index contributed by atoms with van der Waals surface area (Å²) in [6, 6.07) is 0. The number of nitrogens with two attached hydrogens (primary N) is 1. The van der Waals surface area contributed by atoms with Crippen molar-refractivity contribution in [3.63, 3.8) is 0 Å². The summed E-state index contributed by atoms with van der Waals surface area (Å²) in [5.74, 6) is 7.56. The van der Waals surface area contributed by atoms with Crippen LogP contribution in [0, 0.1) is 5.92 Å². The second-order valence-electron chi connectivity index (χ2n) is 4.29. The summed E-state index contributed by atoms with van der Waals surface area (Å²) < 4.78 is 0. The van der Waals surface area contributed by atoms with Crippen molar-refractivity contribution in [2.45, 2.75) is 26.7 Å². The minimum Gasteiger partial charge on any atom is -0.355 e. The summed E-state index contributed by atoms with van der Waals surface area (Å²) in [5, 5.41) is 3.16. The Morgan fingerprint density at radius 1 is 1.59 bits per heavy atom. The zero-order valence-corrected chi connectivity index (χ0v) is 10.5. The van der Waals surface area contributed by atoms with Crippen LogP contribution in [0.15, 0.2) is 17.4 Å². The zero-order valence-electron chi connectivity index (χ0n) is 10.5. The predicted molar refractivity (Wildman–Crippen MR) is 69.4 cm³/mol. The maximum atomic E-state index is 5.37. The van der Waals surface area contributed by atoms with Crippen LogP contribution in [-0.4, -0.2) is 29.0 Å². The van der Waals surface area contributed by atoms with Gasteiger partial charge in [-0.15, -0.1) is 0 Å². The van der Waals surface area contributed by atoms with Gasteiger partial charge < -0.3 is 10.3 Å². The van der Waals surface area contributed by atoms with E-state index in [2.05, 4.69) is 39.6 Å². The van der Waals surface area contributed by atoms with E-state index >= 15 is 0 Å². The molecule has 1 heterocycles. The molecule has 6 heteroatoms. The molecule has 5 N–H and O–H groups in total. The highest BCUT2D eigenvalue weighted by Crippen LogP contribution is 1.94. The topological polar surface area (TPSA) is 91.1 Å². The summed E-state index contributed by atoms with van der Waals surface area (Å²) in [5.41, 5.74) is 2.57. The number of hydrogen-bond acceptors (Lipinski definition) is 3. The molecule has 0 atom stereocenters. The highest BCUT2D eigenvalue weighted by Gasteiger charge is 1.98. The average Bonchev–Trinajstić information content (AvgIpc) is 2.81. The number of H-pyrrole nitrogens is 1. The lowest BCUT2D eigenvalue weighted by Crippen LogP contribution is -2.42. The molecule has 17 heavy (non-hydrogen) atoms. The molecule has 1 aromatic heterocycles. The Bertz CT molecular complexity index is 317. The van der Waals surface area contributed by atoms with Gasteiger partial charge in [0.15, 0.2) is 0 Å². The number of guanidine groups is 1. The molecule has 0 saturated heterocycles. The molecule has 0 amide bonds. The second kappa shape index (κ2) is 7.67. The van der Waals surface area contributed by atoms with Crippen molar-refractivity contribution < 1.29 is 0 Å². The predicted octanol–water partition coefficient (Wildman–Crippen LogP) is 0.407. The van der Waals surface area contributed by atoms with Crippen molar-refractivity contribution >= 4 is 5.96 Å². The lowest BCUT2D eigenvalue weighted by molar-refractivity contribution is 0.653. The van der Waals surface area contributed by atoms with Gasteiger partial charge in [-0.3, -0.25) is 10.4 Å².